The molecule has 0 aliphatic carbocycles. The summed E-state index contributed by atoms with van der Waals surface area (Å²) in [5.74, 6) is -0.471. The molecule has 3 aromatic rings. The molecule has 0 bridgehead atoms. The van der Waals surface area contributed by atoms with Crippen LogP contribution in [0.2, 0.25) is 5.02 Å². The maximum atomic E-state index is 13.4. The summed E-state index contributed by atoms with van der Waals surface area (Å²) in [7, 11) is 0. The first-order valence-electron chi connectivity index (χ1n) is 10.1. The Bertz CT molecular complexity index is 1170. The highest BCUT2D eigenvalue weighted by Gasteiger charge is 2.39. The third-order valence-electron chi connectivity index (χ3n) is 5.42. The Morgan fingerprint density at radius 2 is 1.55 bits per heavy atom. The number of carbonyl (C=O) groups is 2. The molecule has 0 atom stereocenters. The molecule has 2 amide bonds. The van der Waals surface area contributed by atoms with Crippen molar-refractivity contribution in [3.05, 3.63) is 105 Å². The lowest BCUT2D eigenvalue weighted by Gasteiger charge is -2.15. The van der Waals surface area contributed by atoms with Gasteiger partial charge in [0.05, 0.1) is 10.5 Å². The summed E-state index contributed by atoms with van der Waals surface area (Å²) in [5.41, 5.74) is 4.54. The highest BCUT2D eigenvalue weighted by atomic mass is 35.5. The molecular weight excluding hydrogens is 426 g/mol. The first kappa shape index (κ1) is 21.4. The Morgan fingerprint density at radius 1 is 0.839 bits per heavy atom. The quantitative estimate of drug-likeness (QED) is 0.430. The predicted octanol–water partition coefficient (Wildman–Crippen LogP) is 6.07. The third-order valence-corrected chi connectivity index (χ3v) is 6.76. The third kappa shape index (κ3) is 4.60. The van der Waals surface area contributed by atoms with Crippen molar-refractivity contribution < 1.29 is 9.59 Å². The fourth-order valence-electron chi connectivity index (χ4n) is 3.50. The number of rotatable bonds is 6. The van der Waals surface area contributed by atoms with Crippen molar-refractivity contribution in [2.75, 3.05) is 6.54 Å². The van der Waals surface area contributed by atoms with Gasteiger partial charge in [0.25, 0.3) is 11.8 Å². The number of halogens is 1. The molecule has 0 fully saturated rings. The van der Waals surface area contributed by atoms with Crippen molar-refractivity contribution in [1.29, 1.82) is 0 Å². The molecule has 0 N–H and O–H groups in total. The molecule has 0 spiro atoms. The molecule has 0 saturated carbocycles. The minimum absolute atomic E-state index is 0.235. The SMILES string of the molecule is Cc1ccc(C2=C(Sc3ccccc3)C(=O)N(CCc3ccc(Cl)cc3)C2=O)cc1C. The molecule has 3 aromatic carbocycles. The summed E-state index contributed by atoms with van der Waals surface area (Å²) >= 11 is 7.32. The molecular formula is C26H22ClNO2S. The van der Waals surface area contributed by atoms with Gasteiger partial charge in [-0.3, -0.25) is 14.5 Å². The van der Waals surface area contributed by atoms with Crippen molar-refractivity contribution in [2.45, 2.75) is 25.2 Å². The zero-order chi connectivity index (χ0) is 22.0. The fourth-order valence-corrected chi connectivity index (χ4v) is 4.66. The Labute approximate surface area is 191 Å². The number of nitrogens with zero attached hydrogens (tertiary/aromatic N) is 1. The normalized spacial score (nSPS) is 14.0. The molecule has 1 aliphatic heterocycles. The monoisotopic (exact) mass is 447 g/mol. The van der Waals surface area contributed by atoms with Gasteiger partial charge in [0.15, 0.2) is 0 Å². The summed E-state index contributed by atoms with van der Waals surface area (Å²) < 4.78 is 0. The predicted molar refractivity (Wildman–Crippen MR) is 127 cm³/mol. The van der Waals surface area contributed by atoms with Crippen LogP contribution in [0.4, 0.5) is 0 Å². The van der Waals surface area contributed by atoms with Gasteiger partial charge in [0.1, 0.15) is 0 Å². The van der Waals surface area contributed by atoms with Crippen molar-refractivity contribution in [1.82, 2.24) is 4.90 Å². The summed E-state index contributed by atoms with van der Waals surface area (Å²) in [4.78, 5) is 29.5. The van der Waals surface area contributed by atoms with Crippen LogP contribution >= 0.6 is 23.4 Å². The van der Waals surface area contributed by atoms with Crippen molar-refractivity contribution in [2.24, 2.45) is 0 Å². The number of benzene rings is 3. The van der Waals surface area contributed by atoms with Crippen LogP contribution in [0, 0.1) is 13.8 Å². The van der Waals surface area contributed by atoms with Gasteiger partial charge in [-0.05, 0) is 66.8 Å². The summed E-state index contributed by atoms with van der Waals surface area (Å²) in [6, 6.07) is 23.1. The van der Waals surface area contributed by atoms with E-state index < -0.39 is 0 Å². The maximum Gasteiger partial charge on any atom is 0.268 e. The molecule has 4 rings (SSSR count). The van der Waals surface area contributed by atoms with E-state index in [1.807, 2.05) is 86.6 Å². The number of hydrogen-bond acceptors (Lipinski definition) is 3. The van der Waals surface area contributed by atoms with E-state index >= 15 is 0 Å². The molecule has 3 nitrogen and oxygen atoms in total. The van der Waals surface area contributed by atoms with E-state index in [1.54, 1.807) is 0 Å². The highest BCUT2D eigenvalue weighted by Crippen LogP contribution is 2.40. The summed E-state index contributed by atoms with van der Waals surface area (Å²) in [6.45, 7) is 4.38. The standard InChI is InChI=1S/C26H22ClNO2S/c1-17-8-11-20(16-18(17)2)23-24(31-22-6-4-3-5-7-22)26(30)28(25(23)29)15-14-19-9-12-21(27)13-10-19/h3-13,16H,14-15H2,1-2H3. The highest BCUT2D eigenvalue weighted by molar-refractivity contribution is 8.04. The molecule has 0 unspecified atom stereocenters. The second-order valence-electron chi connectivity index (χ2n) is 7.56. The fraction of sp³-hybridized carbons (Fsp3) is 0.154. The Kier molecular flexibility index (Phi) is 6.30. The zero-order valence-corrected chi connectivity index (χ0v) is 19.0. The van der Waals surface area contributed by atoms with E-state index in [1.165, 1.54) is 16.7 Å². The van der Waals surface area contributed by atoms with E-state index in [0.29, 0.717) is 28.5 Å². The van der Waals surface area contributed by atoms with Gasteiger partial charge in [0.2, 0.25) is 0 Å². The van der Waals surface area contributed by atoms with Crippen molar-refractivity contribution in [3.63, 3.8) is 0 Å². The molecule has 1 heterocycles. The van der Waals surface area contributed by atoms with Crippen molar-refractivity contribution >= 4 is 40.8 Å². The molecule has 31 heavy (non-hydrogen) atoms. The van der Waals surface area contributed by atoms with Crippen molar-refractivity contribution in [3.8, 4) is 0 Å². The molecule has 0 radical (unpaired) electrons. The van der Waals surface area contributed by atoms with Gasteiger partial charge in [0, 0.05) is 16.5 Å². The van der Waals surface area contributed by atoms with Crippen LogP contribution in [0.5, 0.6) is 0 Å². The number of imide groups is 1. The minimum Gasteiger partial charge on any atom is -0.274 e. The first-order valence-corrected chi connectivity index (χ1v) is 11.3. The first-order chi connectivity index (χ1) is 14.9. The van der Waals surface area contributed by atoms with Crippen LogP contribution < -0.4 is 0 Å². The average molecular weight is 448 g/mol. The number of carbonyl (C=O) groups excluding carboxylic acids is 2. The Balaban J connectivity index is 1.67. The number of amides is 2. The van der Waals surface area contributed by atoms with Crippen LogP contribution in [-0.2, 0) is 16.0 Å². The summed E-state index contributed by atoms with van der Waals surface area (Å²) in [5, 5.41) is 0.664. The molecule has 1 aliphatic rings. The smallest absolute Gasteiger partial charge is 0.268 e. The second-order valence-corrected chi connectivity index (χ2v) is 9.08. The van der Waals surface area contributed by atoms with Crippen LogP contribution in [0.15, 0.2) is 82.6 Å². The van der Waals surface area contributed by atoms with Gasteiger partial charge < -0.3 is 0 Å². The molecule has 156 valence electrons. The van der Waals surface area contributed by atoms with E-state index in [2.05, 4.69) is 0 Å². The summed E-state index contributed by atoms with van der Waals surface area (Å²) in [6.07, 6.45) is 0.581. The van der Waals surface area contributed by atoms with Gasteiger partial charge in [-0.25, -0.2) is 0 Å². The number of thioether (sulfide) groups is 1. The number of aryl methyl sites for hydroxylation is 2. The topological polar surface area (TPSA) is 37.4 Å². The Morgan fingerprint density at radius 3 is 2.23 bits per heavy atom. The van der Waals surface area contributed by atoms with Gasteiger partial charge in [-0.2, -0.15) is 0 Å². The largest absolute Gasteiger partial charge is 0.274 e. The van der Waals surface area contributed by atoms with Crippen LogP contribution in [-0.4, -0.2) is 23.3 Å². The lowest BCUT2D eigenvalue weighted by atomic mass is 10.0. The number of hydrogen-bond donors (Lipinski definition) is 0. The second kappa shape index (κ2) is 9.13. The van der Waals surface area contributed by atoms with E-state index in [0.717, 1.165) is 27.1 Å². The van der Waals surface area contributed by atoms with E-state index in [4.69, 9.17) is 11.6 Å². The maximum absolute atomic E-state index is 13.4. The van der Waals surface area contributed by atoms with Crippen LogP contribution in [0.25, 0.3) is 5.57 Å². The lowest BCUT2D eigenvalue weighted by molar-refractivity contribution is -0.136. The van der Waals surface area contributed by atoms with Gasteiger partial charge in [-0.15, -0.1) is 0 Å². The van der Waals surface area contributed by atoms with Crippen LogP contribution in [0.3, 0.4) is 0 Å². The van der Waals surface area contributed by atoms with Gasteiger partial charge in [-0.1, -0.05) is 71.9 Å². The lowest BCUT2D eigenvalue weighted by Crippen LogP contribution is -2.33. The Hall–Kier alpha value is -2.82. The van der Waals surface area contributed by atoms with Crippen LogP contribution in [0.1, 0.15) is 22.3 Å². The van der Waals surface area contributed by atoms with E-state index in [9.17, 15) is 9.59 Å². The molecule has 0 aromatic heterocycles. The molecule has 0 saturated heterocycles. The minimum atomic E-state index is -0.236. The van der Waals surface area contributed by atoms with E-state index in [-0.39, 0.29) is 11.8 Å². The average Bonchev–Trinajstić information content (AvgIpc) is 3.00. The molecule has 5 heteroatoms. The zero-order valence-electron chi connectivity index (χ0n) is 17.4. The van der Waals surface area contributed by atoms with Gasteiger partial charge >= 0.3 is 0 Å².